The van der Waals surface area contributed by atoms with E-state index in [9.17, 15) is 8.42 Å². The summed E-state index contributed by atoms with van der Waals surface area (Å²) < 4.78 is 80.1. The first-order chi connectivity index (χ1) is 19.1. The van der Waals surface area contributed by atoms with Gasteiger partial charge in [0.05, 0.1) is 124 Å². The van der Waals surface area contributed by atoms with Gasteiger partial charge in [-0.05, 0) is 19.1 Å². The fraction of sp³-hybridized carbons (Fsp3) is 0.769. The van der Waals surface area contributed by atoms with Gasteiger partial charge in [0.25, 0.3) is 10.1 Å². The molecule has 1 unspecified atom stereocenters. The summed E-state index contributed by atoms with van der Waals surface area (Å²) in [7, 11) is -3.92. The molecule has 0 N–H and O–H groups in total. The first kappa shape index (κ1) is 34.0. The zero-order chi connectivity index (χ0) is 27.9. The van der Waals surface area contributed by atoms with Gasteiger partial charge in [-0.2, -0.15) is 8.42 Å². The normalized spacial score (nSPS) is 22.5. The maximum atomic E-state index is 12.6. The molecular weight excluding hydrogens is 536 g/mol. The van der Waals surface area contributed by atoms with Crippen LogP contribution in [-0.4, -0.2) is 133 Å². The Kier molecular flexibility index (Phi) is 19.6. The third-order valence-corrected chi connectivity index (χ3v) is 6.50. The van der Waals surface area contributed by atoms with Gasteiger partial charge in [-0.15, -0.1) is 0 Å². The van der Waals surface area contributed by atoms with E-state index in [0.717, 1.165) is 5.56 Å². The fourth-order valence-corrected chi connectivity index (χ4v) is 4.05. The molecule has 0 amide bonds. The number of hydrogen-bond donors (Lipinski definition) is 0. The monoisotopic (exact) mass is 580 g/mol. The van der Waals surface area contributed by atoms with E-state index >= 15 is 0 Å². The molecule has 39 heavy (non-hydrogen) atoms. The predicted molar refractivity (Wildman–Crippen MR) is 141 cm³/mol. The van der Waals surface area contributed by atoms with E-state index in [4.69, 9.17) is 46.8 Å². The van der Waals surface area contributed by atoms with Crippen LogP contribution in [0.4, 0.5) is 0 Å². The summed E-state index contributed by atoms with van der Waals surface area (Å²) >= 11 is 0. The SMILES string of the molecule is Cc1ccc(S(=O)(=O)OCC2COCCOCCOCCOCCOCCOCCOCCOCCO2)cc1. The summed E-state index contributed by atoms with van der Waals surface area (Å²) in [4.78, 5) is 0.0877. The largest absolute Gasteiger partial charge is 0.377 e. The Morgan fingerprint density at radius 2 is 0.949 bits per heavy atom. The topological polar surface area (TPSA) is 126 Å². The van der Waals surface area contributed by atoms with Gasteiger partial charge in [0, 0.05) is 0 Å². The van der Waals surface area contributed by atoms with Crippen LogP contribution in [0.2, 0.25) is 0 Å². The van der Waals surface area contributed by atoms with Crippen LogP contribution in [0.3, 0.4) is 0 Å². The summed E-state index contributed by atoms with van der Waals surface area (Å²) in [6, 6.07) is 6.46. The van der Waals surface area contributed by atoms with Gasteiger partial charge < -0.3 is 42.6 Å². The van der Waals surface area contributed by atoms with E-state index in [1.165, 1.54) is 12.1 Å². The van der Waals surface area contributed by atoms with Crippen molar-refractivity contribution < 1.29 is 55.2 Å². The van der Waals surface area contributed by atoms with E-state index in [-0.39, 0.29) is 24.7 Å². The molecule has 13 heteroatoms. The van der Waals surface area contributed by atoms with Crippen molar-refractivity contribution in [2.24, 2.45) is 0 Å². The maximum Gasteiger partial charge on any atom is 0.297 e. The van der Waals surface area contributed by atoms with Crippen molar-refractivity contribution in [2.45, 2.75) is 17.9 Å². The molecule has 0 radical (unpaired) electrons. The lowest BCUT2D eigenvalue weighted by atomic mass is 10.2. The van der Waals surface area contributed by atoms with Crippen LogP contribution >= 0.6 is 0 Å². The molecule has 226 valence electrons. The zero-order valence-corrected chi connectivity index (χ0v) is 23.7. The van der Waals surface area contributed by atoms with E-state index in [2.05, 4.69) is 0 Å². The Morgan fingerprint density at radius 1 is 0.590 bits per heavy atom. The van der Waals surface area contributed by atoms with Crippen LogP contribution in [0.5, 0.6) is 0 Å². The Hall–Kier alpha value is -1.23. The van der Waals surface area contributed by atoms with Gasteiger partial charge in [0.2, 0.25) is 0 Å². The van der Waals surface area contributed by atoms with Crippen LogP contribution in [0.15, 0.2) is 29.2 Å². The highest BCUT2D eigenvalue weighted by molar-refractivity contribution is 7.86. The highest BCUT2D eigenvalue weighted by Gasteiger charge is 2.19. The Bertz CT molecular complexity index is 778. The molecule has 1 aliphatic heterocycles. The molecule has 1 aromatic rings. The molecule has 1 aromatic carbocycles. The van der Waals surface area contributed by atoms with E-state index in [0.29, 0.717) is 99.1 Å². The average molecular weight is 581 g/mol. The summed E-state index contributed by atoms with van der Waals surface area (Å²) in [5.74, 6) is 0. The number of benzene rings is 1. The highest BCUT2D eigenvalue weighted by Crippen LogP contribution is 2.14. The Morgan fingerprint density at radius 3 is 1.36 bits per heavy atom. The fourth-order valence-electron chi connectivity index (χ4n) is 3.11. The third-order valence-electron chi connectivity index (χ3n) is 5.21. The number of hydrogen-bond acceptors (Lipinski definition) is 12. The van der Waals surface area contributed by atoms with Crippen LogP contribution < -0.4 is 0 Å². The lowest BCUT2D eigenvalue weighted by molar-refractivity contribution is -0.0670. The smallest absolute Gasteiger partial charge is 0.297 e. The van der Waals surface area contributed by atoms with Crippen molar-refractivity contribution in [1.29, 1.82) is 0 Å². The molecule has 1 aliphatic rings. The molecular formula is C26H44O12S. The zero-order valence-electron chi connectivity index (χ0n) is 22.9. The highest BCUT2D eigenvalue weighted by atomic mass is 32.2. The summed E-state index contributed by atoms with van der Waals surface area (Å²) in [6.45, 7) is 8.57. The minimum atomic E-state index is -3.92. The molecule has 0 aromatic heterocycles. The standard InChI is InChI=1S/C26H44O12S/c1-24-2-4-26(5-3-24)39(27,28)38-23-25-22-36-19-18-34-15-14-32-11-10-30-7-6-29-8-9-31-12-13-33-16-17-35-20-21-37-25/h2-5,25H,6-23H2,1H3. The summed E-state index contributed by atoms with van der Waals surface area (Å²) in [5, 5.41) is 0. The third kappa shape index (κ3) is 17.9. The van der Waals surface area contributed by atoms with E-state index in [1.54, 1.807) is 12.1 Å². The van der Waals surface area contributed by atoms with Crippen molar-refractivity contribution in [3.63, 3.8) is 0 Å². The lowest BCUT2D eigenvalue weighted by Crippen LogP contribution is -2.29. The molecule has 0 aliphatic carbocycles. The first-order valence-electron chi connectivity index (χ1n) is 13.3. The molecule has 12 nitrogen and oxygen atoms in total. The number of ether oxygens (including phenoxy) is 9. The van der Waals surface area contributed by atoms with Gasteiger partial charge in [-0.1, -0.05) is 17.7 Å². The van der Waals surface area contributed by atoms with Crippen molar-refractivity contribution >= 4 is 10.1 Å². The number of rotatable bonds is 4. The minimum absolute atomic E-state index is 0.0877. The summed E-state index contributed by atoms with van der Waals surface area (Å²) in [6.07, 6.45) is -0.614. The molecule has 1 saturated heterocycles. The van der Waals surface area contributed by atoms with Gasteiger partial charge in [-0.3, -0.25) is 4.18 Å². The molecule has 1 fully saturated rings. The minimum Gasteiger partial charge on any atom is -0.377 e. The molecule has 0 spiro atoms. The van der Waals surface area contributed by atoms with Crippen molar-refractivity contribution in [2.75, 3.05) is 119 Å². The van der Waals surface area contributed by atoms with Crippen molar-refractivity contribution in [3.05, 3.63) is 29.8 Å². The van der Waals surface area contributed by atoms with Crippen molar-refractivity contribution in [1.82, 2.24) is 0 Å². The Labute approximate surface area is 232 Å². The average Bonchev–Trinajstić information content (AvgIpc) is 2.92. The second kappa shape index (κ2) is 22.5. The van der Waals surface area contributed by atoms with Crippen LogP contribution in [-0.2, 0) is 56.9 Å². The number of aryl methyl sites for hydroxylation is 1. The van der Waals surface area contributed by atoms with Gasteiger partial charge in [-0.25, -0.2) is 0 Å². The first-order valence-corrected chi connectivity index (χ1v) is 14.7. The van der Waals surface area contributed by atoms with Crippen molar-refractivity contribution in [3.8, 4) is 0 Å². The molecule has 1 heterocycles. The second-order valence-corrected chi connectivity index (χ2v) is 10.0. The quantitative estimate of drug-likeness (QED) is 0.476. The predicted octanol–water partition coefficient (Wildman–Crippen LogP) is 1.23. The maximum absolute atomic E-state index is 12.6. The molecule has 2 rings (SSSR count). The van der Waals surface area contributed by atoms with E-state index < -0.39 is 16.2 Å². The van der Waals surface area contributed by atoms with Gasteiger partial charge in [0.1, 0.15) is 6.10 Å². The molecule has 0 saturated carbocycles. The Balaban J connectivity index is 1.74. The van der Waals surface area contributed by atoms with Crippen LogP contribution in [0, 0.1) is 6.92 Å². The summed E-state index contributed by atoms with van der Waals surface area (Å²) in [5.41, 5.74) is 0.954. The molecule has 1 atom stereocenters. The second-order valence-electron chi connectivity index (χ2n) is 8.41. The van der Waals surface area contributed by atoms with Gasteiger partial charge in [0.15, 0.2) is 0 Å². The van der Waals surface area contributed by atoms with Crippen LogP contribution in [0.1, 0.15) is 5.56 Å². The lowest BCUT2D eigenvalue weighted by Gasteiger charge is -2.18. The van der Waals surface area contributed by atoms with Gasteiger partial charge >= 0.3 is 0 Å². The van der Waals surface area contributed by atoms with Crippen LogP contribution in [0.25, 0.3) is 0 Å². The molecule has 0 bridgehead atoms. The van der Waals surface area contributed by atoms with E-state index in [1.807, 2.05) is 6.92 Å².